The van der Waals surface area contributed by atoms with Crippen molar-refractivity contribution in [2.75, 3.05) is 50.8 Å². The van der Waals surface area contributed by atoms with Crippen molar-refractivity contribution < 1.29 is 9.47 Å². The van der Waals surface area contributed by atoms with E-state index in [1.807, 2.05) is 0 Å². The summed E-state index contributed by atoms with van der Waals surface area (Å²) in [6.45, 7) is 7.52. The van der Waals surface area contributed by atoms with Gasteiger partial charge in [-0.2, -0.15) is 0 Å². The maximum absolute atomic E-state index is 5.84. The molecule has 0 amide bonds. The Morgan fingerprint density at radius 3 is 2.25 bits per heavy atom. The largest absolute Gasteiger partial charge is 0.369 e. The summed E-state index contributed by atoms with van der Waals surface area (Å²) in [6, 6.07) is 10.8. The molecule has 2 aliphatic heterocycles. The van der Waals surface area contributed by atoms with Crippen molar-refractivity contribution in [3.63, 3.8) is 0 Å². The van der Waals surface area contributed by atoms with Crippen LogP contribution in [0.5, 0.6) is 0 Å². The van der Waals surface area contributed by atoms with Crippen molar-refractivity contribution >= 4 is 5.69 Å². The van der Waals surface area contributed by atoms with Crippen LogP contribution in [-0.2, 0) is 9.47 Å². The monoisotopic (exact) mass is 330 g/mol. The number of benzene rings is 1. The summed E-state index contributed by atoms with van der Waals surface area (Å²) in [5.41, 5.74) is 1.37. The number of anilines is 1. The van der Waals surface area contributed by atoms with Crippen LogP contribution in [0.1, 0.15) is 32.1 Å². The van der Waals surface area contributed by atoms with E-state index in [4.69, 9.17) is 9.47 Å². The van der Waals surface area contributed by atoms with Gasteiger partial charge in [0.2, 0.25) is 0 Å². The molecule has 132 valence electrons. The third-order valence-corrected chi connectivity index (χ3v) is 6.03. The molecule has 1 aromatic carbocycles. The first kappa shape index (κ1) is 16.4. The van der Waals surface area contributed by atoms with E-state index in [0.717, 1.165) is 45.1 Å². The Morgan fingerprint density at radius 2 is 1.58 bits per heavy atom. The van der Waals surface area contributed by atoms with Crippen LogP contribution in [0.3, 0.4) is 0 Å². The lowest BCUT2D eigenvalue weighted by atomic mass is 9.83. The summed E-state index contributed by atoms with van der Waals surface area (Å²) in [7, 11) is 0. The zero-order valence-corrected chi connectivity index (χ0v) is 14.7. The molecule has 1 saturated carbocycles. The van der Waals surface area contributed by atoms with E-state index in [2.05, 4.69) is 40.1 Å². The van der Waals surface area contributed by atoms with Crippen molar-refractivity contribution in [2.24, 2.45) is 5.92 Å². The number of nitrogens with zero attached hydrogens (tertiary/aromatic N) is 2. The third-order valence-electron chi connectivity index (χ3n) is 6.03. The lowest BCUT2D eigenvalue weighted by Crippen LogP contribution is -2.47. The Labute approximate surface area is 145 Å². The fourth-order valence-corrected chi connectivity index (χ4v) is 4.43. The van der Waals surface area contributed by atoms with Crippen LogP contribution >= 0.6 is 0 Å². The SMILES string of the molecule is c1ccc(N2CCN(CCC3CCC4(CC3)OCCO4)CC2)cc1. The van der Waals surface area contributed by atoms with Gasteiger partial charge in [-0.15, -0.1) is 0 Å². The van der Waals surface area contributed by atoms with E-state index < -0.39 is 0 Å². The summed E-state index contributed by atoms with van der Waals surface area (Å²) < 4.78 is 11.7. The molecule has 4 heteroatoms. The number of hydrogen-bond acceptors (Lipinski definition) is 4. The molecule has 1 spiro atoms. The van der Waals surface area contributed by atoms with Crippen LogP contribution in [0.2, 0.25) is 0 Å². The smallest absolute Gasteiger partial charge is 0.168 e. The highest BCUT2D eigenvalue weighted by Gasteiger charge is 2.40. The lowest BCUT2D eigenvalue weighted by Gasteiger charge is -2.38. The van der Waals surface area contributed by atoms with E-state index in [1.54, 1.807) is 0 Å². The van der Waals surface area contributed by atoms with Crippen molar-refractivity contribution in [1.29, 1.82) is 0 Å². The summed E-state index contributed by atoms with van der Waals surface area (Å²) in [6.07, 6.45) is 6.06. The average molecular weight is 330 g/mol. The predicted molar refractivity (Wildman–Crippen MR) is 96.3 cm³/mol. The maximum Gasteiger partial charge on any atom is 0.168 e. The third kappa shape index (κ3) is 3.76. The topological polar surface area (TPSA) is 24.9 Å². The molecule has 2 heterocycles. The Kier molecular flexibility index (Phi) is 5.06. The van der Waals surface area contributed by atoms with Gasteiger partial charge in [0.1, 0.15) is 0 Å². The van der Waals surface area contributed by atoms with E-state index in [-0.39, 0.29) is 5.79 Å². The molecule has 4 nitrogen and oxygen atoms in total. The minimum atomic E-state index is -0.197. The first-order chi connectivity index (χ1) is 11.8. The zero-order chi connectivity index (χ0) is 16.2. The average Bonchev–Trinajstić information content (AvgIpc) is 3.11. The molecule has 0 unspecified atom stereocenters. The number of piperazine rings is 1. The molecule has 2 saturated heterocycles. The Morgan fingerprint density at radius 1 is 0.917 bits per heavy atom. The van der Waals surface area contributed by atoms with Crippen molar-refractivity contribution in [3.8, 4) is 0 Å². The van der Waals surface area contributed by atoms with E-state index >= 15 is 0 Å². The van der Waals surface area contributed by atoms with Crippen LogP contribution < -0.4 is 4.90 Å². The van der Waals surface area contributed by atoms with Gasteiger partial charge >= 0.3 is 0 Å². The molecule has 24 heavy (non-hydrogen) atoms. The van der Waals surface area contributed by atoms with Crippen LogP contribution in [0, 0.1) is 5.92 Å². The van der Waals surface area contributed by atoms with Gasteiger partial charge in [0.15, 0.2) is 5.79 Å². The maximum atomic E-state index is 5.84. The first-order valence-corrected chi connectivity index (χ1v) is 9.63. The molecule has 4 rings (SSSR count). The summed E-state index contributed by atoms with van der Waals surface area (Å²) in [5, 5.41) is 0. The normalized spacial score (nSPS) is 25.4. The second-order valence-electron chi connectivity index (χ2n) is 7.50. The number of hydrogen-bond donors (Lipinski definition) is 0. The number of rotatable bonds is 4. The van der Waals surface area contributed by atoms with Gasteiger partial charge in [-0.25, -0.2) is 0 Å². The highest BCUT2D eigenvalue weighted by atomic mass is 16.7. The van der Waals surface area contributed by atoms with E-state index in [1.165, 1.54) is 44.6 Å². The Hall–Kier alpha value is -1.10. The fourth-order valence-electron chi connectivity index (χ4n) is 4.43. The van der Waals surface area contributed by atoms with Crippen LogP contribution in [0.4, 0.5) is 5.69 Å². The van der Waals surface area contributed by atoms with E-state index in [9.17, 15) is 0 Å². The molecule has 0 aromatic heterocycles. The van der Waals surface area contributed by atoms with Gasteiger partial charge in [0.25, 0.3) is 0 Å². The minimum Gasteiger partial charge on any atom is -0.369 e. The molecule has 1 aromatic rings. The molecule has 3 aliphatic rings. The number of para-hydroxylation sites is 1. The van der Waals surface area contributed by atoms with Gasteiger partial charge in [0.05, 0.1) is 13.2 Å². The molecule has 0 N–H and O–H groups in total. The van der Waals surface area contributed by atoms with Gasteiger partial charge in [-0.3, -0.25) is 4.90 Å². The Bertz CT molecular complexity index is 498. The quantitative estimate of drug-likeness (QED) is 0.847. The van der Waals surface area contributed by atoms with Crippen LogP contribution in [0.25, 0.3) is 0 Å². The van der Waals surface area contributed by atoms with Gasteiger partial charge < -0.3 is 14.4 Å². The molecule has 3 fully saturated rings. The zero-order valence-electron chi connectivity index (χ0n) is 14.7. The Balaban J connectivity index is 1.17. The second-order valence-corrected chi connectivity index (χ2v) is 7.50. The lowest BCUT2D eigenvalue weighted by molar-refractivity contribution is -0.182. The van der Waals surface area contributed by atoms with Crippen molar-refractivity contribution in [3.05, 3.63) is 30.3 Å². The molecular weight excluding hydrogens is 300 g/mol. The molecule has 0 radical (unpaired) electrons. The highest BCUT2D eigenvalue weighted by molar-refractivity contribution is 5.46. The van der Waals surface area contributed by atoms with Gasteiger partial charge in [0, 0.05) is 44.7 Å². The van der Waals surface area contributed by atoms with Crippen LogP contribution in [0.15, 0.2) is 30.3 Å². The van der Waals surface area contributed by atoms with Crippen molar-refractivity contribution in [2.45, 2.75) is 37.9 Å². The second kappa shape index (κ2) is 7.42. The standard InChI is InChI=1S/C20H30N2O2/c1-2-4-19(5-3-1)22-14-12-21(13-15-22)11-8-18-6-9-20(10-7-18)23-16-17-24-20/h1-5,18H,6-17H2. The van der Waals surface area contributed by atoms with Gasteiger partial charge in [-0.1, -0.05) is 18.2 Å². The minimum absolute atomic E-state index is 0.197. The molecular formula is C20H30N2O2. The van der Waals surface area contributed by atoms with Gasteiger partial charge in [-0.05, 0) is 43.9 Å². The first-order valence-electron chi connectivity index (χ1n) is 9.63. The van der Waals surface area contributed by atoms with Crippen molar-refractivity contribution in [1.82, 2.24) is 4.90 Å². The summed E-state index contributed by atoms with van der Waals surface area (Å²) >= 11 is 0. The summed E-state index contributed by atoms with van der Waals surface area (Å²) in [4.78, 5) is 5.15. The van der Waals surface area contributed by atoms with E-state index in [0.29, 0.717) is 0 Å². The fraction of sp³-hybridized carbons (Fsp3) is 0.700. The highest BCUT2D eigenvalue weighted by Crippen LogP contribution is 2.39. The molecule has 0 atom stereocenters. The predicted octanol–water partition coefficient (Wildman–Crippen LogP) is 3.13. The number of ether oxygens (including phenoxy) is 2. The molecule has 1 aliphatic carbocycles. The molecule has 0 bridgehead atoms. The summed E-state index contributed by atoms with van der Waals surface area (Å²) in [5.74, 6) is 0.660. The van der Waals surface area contributed by atoms with Crippen LogP contribution in [-0.4, -0.2) is 56.6 Å².